The highest BCUT2D eigenvalue weighted by molar-refractivity contribution is 5.75. The lowest BCUT2D eigenvalue weighted by molar-refractivity contribution is 0.122. The molecular formula is C14H20N2O. The van der Waals surface area contributed by atoms with Crippen molar-refractivity contribution in [3.63, 3.8) is 0 Å². The first-order valence-electron chi connectivity index (χ1n) is 6.25. The molecule has 1 aromatic carbocycles. The Morgan fingerprint density at radius 1 is 1.29 bits per heavy atom. The summed E-state index contributed by atoms with van der Waals surface area (Å²) in [7, 11) is 0. The number of fused-ring (bicyclic) bond motifs is 1. The van der Waals surface area contributed by atoms with Crippen LogP contribution in [0.25, 0.3) is 11.0 Å². The molecule has 0 spiro atoms. The van der Waals surface area contributed by atoms with Crippen LogP contribution in [-0.2, 0) is 13.0 Å². The molecule has 0 bridgehead atoms. The van der Waals surface area contributed by atoms with E-state index in [1.807, 2.05) is 32.0 Å². The standard InChI is InChI=1S/C14H20N2O/c1-4-16-12-8-6-5-7-11(12)15-14(16)9-13(17)10(2)3/h5-8,10,13,17H,4,9H2,1-3H3. The Balaban J connectivity index is 2.39. The van der Waals surface area contributed by atoms with Crippen LogP contribution in [0.2, 0.25) is 0 Å². The molecule has 0 saturated heterocycles. The van der Waals surface area contributed by atoms with Gasteiger partial charge in [0.05, 0.1) is 17.1 Å². The fourth-order valence-corrected chi connectivity index (χ4v) is 2.06. The number of imidazole rings is 1. The summed E-state index contributed by atoms with van der Waals surface area (Å²) in [5.41, 5.74) is 2.17. The Morgan fingerprint density at radius 3 is 2.65 bits per heavy atom. The average molecular weight is 232 g/mol. The van der Waals surface area contributed by atoms with Gasteiger partial charge in [0.15, 0.2) is 0 Å². The number of hydrogen-bond acceptors (Lipinski definition) is 2. The van der Waals surface area contributed by atoms with Gasteiger partial charge in [-0.25, -0.2) is 4.98 Å². The maximum atomic E-state index is 9.97. The third-order valence-electron chi connectivity index (χ3n) is 3.21. The lowest BCUT2D eigenvalue weighted by Crippen LogP contribution is -2.20. The maximum absolute atomic E-state index is 9.97. The van der Waals surface area contributed by atoms with Crippen LogP contribution < -0.4 is 0 Å². The number of aliphatic hydroxyl groups is 1. The first-order valence-corrected chi connectivity index (χ1v) is 6.25. The van der Waals surface area contributed by atoms with E-state index in [1.165, 1.54) is 0 Å². The van der Waals surface area contributed by atoms with Crippen molar-refractivity contribution in [2.45, 2.75) is 39.8 Å². The lowest BCUT2D eigenvalue weighted by Gasteiger charge is -2.14. The molecule has 3 nitrogen and oxygen atoms in total. The molecule has 0 aliphatic heterocycles. The van der Waals surface area contributed by atoms with E-state index in [0.29, 0.717) is 6.42 Å². The van der Waals surface area contributed by atoms with Gasteiger partial charge in [0.1, 0.15) is 5.82 Å². The normalized spacial score (nSPS) is 13.5. The molecule has 3 heteroatoms. The highest BCUT2D eigenvalue weighted by Crippen LogP contribution is 2.18. The number of benzene rings is 1. The predicted molar refractivity (Wildman–Crippen MR) is 70.0 cm³/mol. The fourth-order valence-electron chi connectivity index (χ4n) is 2.06. The number of nitrogens with zero attached hydrogens (tertiary/aromatic N) is 2. The number of hydrogen-bond donors (Lipinski definition) is 1. The van der Waals surface area contributed by atoms with Gasteiger partial charge in [0, 0.05) is 13.0 Å². The zero-order valence-electron chi connectivity index (χ0n) is 10.7. The maximum Gasteiger partial charge on any atom is 0.112 e. The lowest BCUT2D eigenvalue weighted by atomic mass is 10.0. The van der Waals surface area contributed by atoms with E-state index in [9.17, 15) is 5.11 Å². The van der Waals surface area contributed by atoms with Crippen molar-refractivity contribution in [2.75, 3.05) is 0 Å². The molecule has 0 aliphatic carbocycles. The predicted octanol–water partition coefficient (Wildman–Crippen LogP) is 2.62. The first kappa shape index (κ1) is 12.1. The summed E-state index contributed by atoms with van der Waals surface area (Å²) in [5, 5.41) is 9.97. The molecule has 92 valence electrons. The van der Waals surface area contributed by atoms with E-state index in [-0.39, 0.29) is 12.0 Å². The molecule has 2 rings (SSSR count). The van der Waals surface area contributed by atoms with Crippen molar-refractivity contribution in [1.82, 2.24) is 9.55 Å². The minimum atomic E-state index is -0.322. The van der Waals surface area contributed by atoms with Gasteiger partial charge in [-0.3, -0.25) is 0 Å². The second-order valence-corrected chi connectivity index (χ2v) is 4.78. The SMILES string of the molecule is CCn1c(CC(O)C(C)C)nc2ccccc21. The Kier molecular flexibility index (Phi) is 3.48. The largest absolute Gasteiger partial charge is 0.392 e. The van der Waals surface area contributed by atoms with Gasteiger partial charge in [0.25, 0.3) is 0 Å². The van der Waals surface area contributed by atoms with Gasteiger partial charge in [-0.05, 0) is 25.0 Å². The first-order chi connectivity index (χ1) is 8.13. The van der Waals surface area contributed by atoms with Crippen LogP contribution in [0, 0.1) is 5.92 Å². The van der Waals surface area contributed by atoms with E-state index in [4.69, 9.17) is 0 Å². The van der Waals surface area contributed by atoms with Crippen LogP contribution in [-0.4, -0.2) is 20.8 Å². The number of aryl methyl sites for hydroxylation is 1. The van der Waals surface area contributed by atoms with Gasteiger partial charge in [-0.2, -0.15) is 0 Å². The zero-order chi connectivity index (χ0) is 12.4. The zero-order valence-corrected chi connectivity index (χ0v) is 10.7. The second kappa shape index (κ2) is 4.88. The Morgan fingerprint density at radius 2 is 2.00 bits per heavy atom. The minimum Gasteiger partial charge on any atom is -0.392 e. The summed E-state index contributed by atoms with van der Waals surface area (Å²) < 4.78 is 2.18. The molecule has 0 saturated carbocycles. The quantitative estimate of drug-likeness (QED) is 0.880. The van der Waals surface area contributed by atoms with E-state index >= 15 is 0 Å². The Labute approximate surface area is 102 Å². The van der Waals surface area contributed by atoms with E-state index < -0.39 is 0 Å². The monoisotopic (exact) mass is 232 g/mol. The van der Waals surface area contributed by atoms with Gasteiger partial charge >= 0.3 is 0 Å². The number of para-hydroxylation sites is 2. The van der Waals surface area contributed by atoms with Gasteiger partial charge in [0.2, 0.25) is 0 Å². The van der Waals surface area contributed by atoms with Crippen molar-refractivity contribution in [3.8, 4) is 0 Å². The number of aromatic nitrogens is 2. The molecule has 0 fully saturated rings. The van der Waals surface area contributed by atoms with Crippen LogP contribution in [0.1, 0.15) is 26.6 Å². The molecule has 0 aliphatic rings. The van der Waals surface area contributed by atoms with Crippen molar-refractivity contribution >= 4 is 11.0 Å². The molecular weight excluding hydrogens is 212 g/mol. The van der Waals surface area contributed by atoms with Crippen molar-refractivity contribution in [1.29, 1.82) is 0 Å². The Hall–Kier alpha value is -1.35. The summed E-state index contributed by atoms with van der Waals surface area (Å²) in [5.74, 6) is 1.25. The number of aliphatic hydroxyl groups excluding tert-OH is 1. The van der Waals surface area contributed by atoms with Crippen LogP contribution in [0.15, 0.2) is 24.3 Å². The molecule has 17 heavy (non-hydrogen) atoms. The van der Waals surface area contributed by atoms with Gasteiger partial charge < -0.3 is 9.67 Å². The third kappa shape index (κ3) is 2.34. The smallest absolute Gasteiger partial charge is 0.112 e. The third-order valence-corrected chi connectivity index (χ3v) is 3.21. The molecule has 0 amide bonds. The van der Waals surface area contributed by atoms with Crippen LogP contribution in [0.5, 0.6) is 0 Å². The summed E-state index contributed by atoms with van der Waals surface area (Å²) >= 11 is 0. The molecule has 0 radical (unpaired) electrons. The molecule has 2 aromatic rings. The molecule has 1 unspecified atom stereocenters. The van der Waals surface area contributed by atoms with Crippen LogP contribution >= 0.6 is 0 Å². The van der Waals surface area contributed by atoms with E-state index in [0.717, 1.165) is 23.4 Å². The van der Waals surface area contributed by atoms with Gasteiger partial charge in [-0.1, -0.05) is 26.0 Å². The van der Waals surface area contributed by atoms with Crippen molar-refractivity contribution in [2.24, 2.45) is 5.92 Å². The van der Waals surface area contributed by atoms with Crippen molar-refractivity contribution in [3.05, 3.63) is 30.1 Å². The summed E-state index contributed by atoms with van der Waals surface area (Å²) in [6, 6.07) is 8.13. The minimum absolute atomic E-state index is 0.264. The topological polar surface area (TPSA) is 38.0 Å². The summed E-state index contributed by atoms with van der Waals surface area (Å²) in [4.78, 5) is 4.61. The average Bonchev–Trinajstić information content (AvgIpc) is 2.65. The second-order valence-electron chi connectivity index (χ2n) is 4.78. The Bertz CT molecular complexity index is 502. The van der Waals surface area contributed by atoms with Gasteiger partial charge in [-0.15, -0.1) is 0 Å². The number of rotatable bonds is 4. The van der Waals surface area contributed by atoms with Crippen molar-refractivity contribution < 1.29 is 5.11 Å². The molecule has 1 aromatic heterocycles. The molecule has 1 heterocycles. The molecule has 1 N–H and O–H groups in total. The summed E-state index contributed by atoms with van der Waals surface area (Å²) in [6.07, 6.45) is 0.303. The van der Waals surface area contributed by atoms with E-state index in [2.05, 4.69) is 22.5 Å². The fraction of sp³-hybridized carbons (Fsp3) is 0.500. The van der Waals surface area contributed by atoms with E-state index in [1.54, 1.807) is 0 Å². The highest BCUT2D eigenvalue weighted by Gasteiger charge is 2.15. The molecule has 1 atom stereocenters. The van der Waals surface area contributed by atoms with Crippen LogP contribution in [0.4, 0.5) is 0 Å². The highest BCUT2D eigenvalue weighted by atomic mass is 16.3. The van der Waals surface area contributed by atoms with Crippen LogP contribution in [0.3, 0.4) is 0 Å². The summed E-state index contributed by atoms with van der Waals surface area (Å²) in [6.45, 7) is 7.06.